The number of hydrogen-bond acceptors (Lipinski definition) is 5. The molecule has 22 heavy (non-hydrogen) atoms. The molecule has 0 unspecified atom stereocenters. The van der Waals surface area contributed by atoms with Crippen LogP contribution in [-0.4, -0.2) is 35.8 Å². The fourth-order valence-corrected chi connectivity index (χ4v) is 2.47. The van der Waals surface area contributed by atoms with Gasteiger partial charge in [-0.2, -0.15) is 0 Å². The van der Waals surface area contributed by atoms with Crippen molar-refractivity contribution in [3.63, 3.8) is 0 Å². The average molecular weight is 344 g/mol. The molecule has 0 fully saturated rings. The van der Waals surface area contributed by atoms with Gasteiger partial charge in [-0.15, -0.1) is 11.8 Å². The summed E-state index contributed by atoms with van der Waals surface area (Å²) < 4.78 is 4.68. The van der Waals surface area contributed by atoms with Crippen LogP contribution < -0.4 is 5.32 Å². The summed E-state index contributed by atoms with van der Waals surface area (Å²) in [5.74, 6) is -0.789. The van der Waals surface area contributed by atoms with E-state index >= 15 is 0 Å². The van der Waals surface area contributed by atoms with Gasteiger partial charge in [-0.3, -0.25) is 14.4 Å². The number of benzene rings is 1. The van der Waals surface area contributed by atoms with E-state index in [9.17, 15) is 14.4 Å². The van der Waals surface area contributed by atoms with Gasteiger partial charge in [-0.05, 0) is 31.5 Å². The van der Waals surface area contributed by atoms with Crippen LogP contribution in [0.3, 0.4) is 0 Å². The van der Waals surface area contributed by atoms with Crippen LogP contribution in [0.5, 0.6) is 0 Å². The number of ketones is 1. The van der Waals surface area contributed by atoms with Gasteiger partial charge < -0.3 is 10.1 Å². The van der Waals surface area contributed by atoms with Gasteiger partial charge >= 0.3 is 5.97 Å². The Morgan fingerprint density at radius 1 is 1.27 bits per heavy atom. The molecule has 0 saturated heterocycles. The quantitative estimate of drug-likeness (QED) is 0.580. The molecule has 0 aromatic heterocycles. The van der Waals surface area contributed by atoms with E-state index in [1.165, 1.54) is 0 Å². The van der Waals surface area contributed by atoms with Gasteiger partial charge in [0.2, 0.25) is 5.91 Å². The van der Waals surface area contributed by atoms with Crippen LogP contribution >= 0.6 is 23.4 Å². The topological polar surface area (TPSA) is 72.5 Å². The fourth-order valence-electron chi connectivity index (χ4n) is 1.61. The standard InChI is InChI=1S/C15H18ClNO4S/c1-3-21-15(20)7-11(18)8-22-9-14(19)17-13-6-4-5-12(16)10(13)2/h4-6H,3,7-9H2,1-2H3,(H,17,19). The molecule has 1 aromatic carbocycles. The molecule has 1 rings (SSSR count). The van der Waals surface area contributed by atoms with Crippen LogP contribution in [0.4, 0.5) is 5.69 Å². The third-order valence-electron chi connectivity index (χ3n) is 2.68. The van der Waals surface area contributed by atoms with E-state index in [1.54, 1.807) is 25.1 Å². The van der Waals surface area contributed by atoms with Gasteiger partial charge in [0.1, 0.15) is 6.42 Å². The summed E-state index contributed by atoms with van der Waals surface area (Å²) in [6.07, 6.45) is -0.254. The average Bonchev–Trinajstić information content (AvgIpc) is 2.44. The Morgan fingerprint density at radius 2 is 2.00 bits per heavy atom. The highest BCUT2D eigenvalue weighted by molar-refractivity contribution is 8.00. The summed E-state index contributed by atoms with van der Waals surface area (Å²) in [7, 11) is 0. The van der Waals surface area contributed by atoms with Crippen molar-refractivity contribution in [2.75, 3.05) is 23.4 Å². The number of carbonyl (C=O) groups is 3. The molecule has 0 radical (unpaired) electrons. The number of rotatable bonds is 8. The number of Topliss-reactive ketones (excluding diaryl/α,β-unsaturated/α-hetero) is 1. The first-order chi connectivity index (χ1) is 10.4. The lowest BCUT2D eigenvalue weighted by Gasteiger charge is -2.09. The zero-order valence-electron chi connectivity index (χ0n) is 12.5. The lowest BCUT2D eigenvalue weighted by molar-refractivity contribution is -0.145. The Balaban J connectivity index is 2.33. The lowest BCUT2D eigenvalue weighted by Crippen LogP contribution is -2.17. The van der Waals surface area contributed by atoms with E-state index in [0.29, 0.717) is 10.7 Å². The number of hydrogen-bond donors (Lipinski definition) is 1. The third kappa shape index (κ3) is 6.49. The second kappa shape index (κ2) is 9.48. The number of anilines is 1. The largest absolute Gasteiger partial charge is 0.466 e. The third-order valence-corrected chi connectivity index (χ3v) is 4.09. The number of ether oxygens (including phenoxy) is 1. The summed E-state index contributed by atoms with van der Waals surface area (Å²) >= 11 is 7.13. The second-order valence-electron chi connectivity index (χ2n) is 4.47. The van der Waals surface area contributed by atoms with Crippen molar-refractivity contribution in [2.45, 2.75) is 20.3 Å². The smallest absolute Gasteiger partial charge is 0.313 e. The summed E-state index contributed by atoms with van der Waals surface area (Å²) in [5.41, 5.74) is 1.44. The molecular formula is C15H18ClNO4S. The SMILES string of the molecule is CCOC(=O)CC(=O)CSCC(=O)Nc1cccc(Cl)c1C. The molecule has 1 amide bonds. The van der Waals surface area contributed by atoms with Crippen molar-refractivity contribution in [1.82, 2.24) is 0 Å². The summed E-state index contributed by atoms with van der Waals surface area (Å²) in [6, 6.07) is 5.26. The first kappa shape index (κ1) is 18.5. The molecule has 120 valence electrons. The Labute approximate surface area is 138 Å². The van der Waals surface area contributed by atoms with Crippen LogP contribution in [0, 0.1) is 6.92 Å². The first-order valence-corrected chi connectivity index (χ1v) is 8.27. The van der Waals surface area contributed by atoms with E-state index in [0.717, 1.165) is 17.3 Å². The van der Waals surface area contributed by atoms with Crippen molar-refractivity contribution < 1.29 is 19.1 Å². The molecule has 5 nitrogen and oxygen atoms in total. The zero-order chi connectivity index (χ0) is 16.5. The van der Waals surface area contributed by atoms with Crippen molar-refractivity contribution >= 4 is 46.7 Å². The highest BCUT2D eigenvalue weighted by Gasteiger charge is 2.12. The monoisotopic (exact) mass is 343 g/mol. The maximum absolute atomic E-state index is 11.8. The molecule has 0 aliphatic rings. The van der Waals surface area contributed by atoms with Gasteiger partial charge in [-0.1, -0.05) is 17.7 Å². The predicted molar refractivity (Wildman–Crippen MR) is 88.4 cm³/mol. The number of amides is 1. The molecule has 0 aliphatic heterocycles. The number of halogens is 1. The number of carbonyl (C=O) groups excluding carboxylic acids is 3. The maximum atomic E-state index is 11.8. The molecule has 0 aliphatic carbocycles. The van der Waals surface area contributed by atoms with Gasteiger partial charge in [0.25, 0.3) is 0 Å². The van der Waals surface area contributed by atoms with E-state index in [4.69, 9.17) is 11.6 Å². The lowest BCUT2D eigenvalue weighted by atomic mass is 10.2. The Morgan fingerprint density at radius 3 is 2.68 bits per heavy atom. The van der Waals surface area contributed by atoms with Crippen LogP contribution in [0.1, 0.15) is 18.9 Å². The van der Waals surface area contributed by atoms with Crippen LogP contribution in [0.25, 0.3) is 0 Å². The van der Waals surface area contributed by atoms with E-state index in [1.807, 2.05) is 6.92 Å². The summed E-state index contributed by atoms with van der Waals surface area (Å²) in [5, 5.41) is 3.32. The van der Waals surface area contributed by atoms with Crippen LogP contribution in [0.2, 0.25) is 5.02 Å². The normalized spacial score (nSPS) is 10.1. The molecule has 1 aromatic rings. The molecule has 0 heterocycles. The van der Waals surface area contributed by atoms with Crippen LogP contribution in [0.15, 0.2) is 18.2 Å². The first-order valence-electron chi connectivity index (χ1n) is 6.74. The molecular weight excluding hydrogens is 326 g/mol. The van der Waals surface area contributed by atoms with Crippen LogP contribution in [-0.2, 0) is 19.1 Å². The Bertz CT molecular complexity index is 562. The van der Waals surface area contributed by atoms with Crippen molar-refractivity contribution in [3.05, 3.63) is 28.8 Å². The molecule has 0 bridgehead atoms. The van der Waals surface area contributed by atoms with Gasteiger partial charge in [0, 0.05) is 10.7 Å². The van der Waals surface area contributed by atoms with Crippen molar-refractivity contribution in [1.29, 1.82) is 0 Å². The second-order valence-corrected chi connectivity index (χ2v) is 5.87. The molecule has 0 spiro atoms. The van der Waals surface area contributed by atoms with Crippen molar-refractivity contribution in [3.8, 4) is 0 Å². The minimum Gasteiger partial charge on any atom is -0.466 e. The number of nitrogens with one attached hydrogen (secondary N) is 1. The molecule has 0 atom stereocenters. The van der Waals surface area contributed by atoms with E-state index < -0.39 is 5.97 Å². The predicted octanol–water partition coefficient (Wildman–Crippen LogP) is 2.84. The Hall–Kier alpha value is -1.53. The number of esters is 1. The summed E-state index contributed by atoms with van der Waals surface area (Å²) in [4.78, 5) is 34.4. The van der Waals surface area contributed by atoms with Crippen molar-refractivity contribution in [2.24, 2.45) is 0 Å². The minimum absolute atomic E-state index is 0.0980. The fraction of sp³-hybridized carbons (Fsp3) is 0.400. The number of thioether (sulfide) groups is 1. The maximum Gasteiger partial charge on any atom is 0.313 e. The van der Waals surface area contributed by atoms with Gasteiger partial charge in [0.05, 0.1) is 18.1 Å². The van der Waals surface area contributed by atoms with Gasteiger partial charge in [0.15, 0.2) is 5.78 Å². The Kier molecular flexibility index (Phi) is 7.98. The molecule has 1 N–H and O–H groups in total. The van der Waals surface area contributed by atoms with E-state index in [2.05, 4.69) is 10.1 Å². The zero-order valence-corrected chi connectivity index (χ0v) is 14.1. The van der Waals surface area contributed by atoms with Gasteiger partial charge in [-0.25, -0.2) is 0 Å². The van der Waals surface area contributed by atoms with E-state index in [-0.39, 0.29) is 36.2 Å². The minimum atomic E-state index is -0.535. The highest BCUT2D eigenvalue weighted by atomic mass is 35.5. The summed E-state index contributed by atoms with van der Waals surface area (Å²) in [6.45, 7) is 3.74. The molecule has 0 saturated carbocycles. The molecule has 7 heteroatoms. The highest BCUT2D eigenvalue weighted by Crippen LogP contribution is 2.23.